The summed E-state index contributed by atoms with van der Waals surface area (Å²) in [7, 11) is -4.58. The van der Waals surface area contributed by atoms with Crippen molar-refractivity contribution in [3.8, 4) is 82.9 Å². The minimum Gasteiger partial charge on any atom is -0.462 e. The number of unbranched alkanes of at least 4 members (excludes halogenated alkanes) is 10. The van der Waals surface area contributed by atoms with Crippen LogP contribution in [0.2, 0.25) is 0 Å². The lowest BCUT2D eigenvalue weighted by atomic mass is 10.1. The second-order valence-corrected chi connectivity index (χ2v) is 12.0. The lowest BCUT2D eigenvalue weighted by molar-refractivity contribution is -0.160. The summed E-state index contributed by atoms with van der Waals surface area (Å²) in [5, 5.41) is 0. The van der Waals surface area contributed by atoms with E-state index in [2.05, 4.69) is 89.8 Å². The zero-order chi connectivity index (χ0) is 35.8. The van der Waals surface area contributed by atoms with Crippen LogP contribution < -0.4 is 0 Å². The fourth-order valence-electron chi connectivity index (χ4n) is 3.98. The minimum absolute atomic E-state index is 0.0460. The van der Waals surface area contributed by atoms with E-state index in [1.54, 1.807) is 6.92 Å². The van der Waals surface area contributed by atoms with Gasteiger partial charge in [-0.25, -0.2) is 4.57 Å². The van der Waals surface area contributed by atoms with Crippen molar-refractivity contribution >= 4 is 19.8 Å². The Bertz CT molecular complexity index is 1520. The average Bonchev–Trinajstić information content (AvgIpc) is 3.54. The maximum Gasteiger partial charge on any atom is 0.472 e. The molecule has 10 nitrogen and oxygen atoms in total. The third-order valence-corrected chi connectivity index (χ3v) is 7.30. The molecule has 3 unspecified atom stereocenters. The predicted octanol–water partition coefficient (Wildman–Crippen LogP) is 5.08. The smallest absolute Gasteiger partial charge is 0.462 e. The first kappa shape index (κ1) is 42.9. The Hall–Kier alpha value is -4.11. The highest BCUT2D eigenvalue weighted by Gasteiger charge is 2.31. The first-order chi connectivity index (χ1) is 23.8. The highest BCUT2D eigenvalue weighted by molar-refractivity contribution is 7.47. The number of hydrogen-bond acceptors (Lipinski definition) is 9. The Morgan fingerprint density at radius 1 is 0.776 bits per heavy atom. The summed E-state index contributed by atoms with van der Waals surface area (Å²) in [6.07, 6.45) is 10.1. The summed E-state index contributed by atoms with van der Waals surface area (Å²) in [5.74, 6) is 34.3. The van der Waals surface area contributed by atoms with Gasteiger partial charge in [-0.15, -0.1) is 0 Å². The highest BCUT2D eigenvalue weighted by Crippen LogP contribution is 2.43. The van der Waals surface area contributed by atoms with E-state index in [-0.39, 0.29) is 26.2 Å². The summed E-state index contributed by atoms with van der Waals surface area (Å²) < 4.78 is 43.6. The SMILES string of the molecule is CC#CC#CC#CC#CC#CC#CC#CC1OCC(COP(=O)(O)OC[C@@H](COC(C)=O)OC(=O)CCCCCCCCCCCCC)O1. The van der Waals surface area contributed by atoms with E-state index < -0.39 is 44.9 Å². The number of ether oxygens (including phenoxy) is 4. The van der Waals surface area contributed by atoms with E-state index in [0.717, 1.165) is 19.3 Å². The molecule has 0 spiro atoms. The van der Waals surface area contributed by atoms with Crippen molar-refractivity contribution < 1.29 is 47.0 Å². The van der Waals surface area contributed by atoms with Gasteiger partial charge in [0.15, 0.2) is 6.10 Å². The molecule has 1 aliphatic rings. The van der Waals surface area contributed by atoms with Gasteiger partial charge in [0.1, 0.15) is 12.7 Å². The maximum absolute atomic E-state index is 12.5. The Morgan fingerprint density at radius 3 is 1.86 bits per heavy atom. The molecule has 1 rings (SSSR count). The van der Waals surface area contributed by atoms with Gasteiger partial charge in [0.05, 0.1) is 19.8 Å². The van der Waals surface area contributed by atoms with Gasteiger partial charge < -0.3 is 23.8 Å². The molecule has 1 aliphatic heterocycles. The summed E-state index contributed by atoms with van der Waals surface area (Å²) in [5.41, 5.74) is 0. The average molecular weight is 693 g/mol. The minimum atomic E-state index is -4.58. The van der Waals surface area contributed by atoms with Crippen LogP contribution in [0.4, 0.5) is 0 Å². The van der Waals surface area contributed by atoms with Crippen LogP contribution in [0.5, 0.6) is 0 Å². The summed E-state index contributed by atoms with van der Waals surface area (Å²) in [4.78, 5) is 33.8. The van der Waals surface area contributed by atoms with Crippen molar-refractivity contribution in [1.82, 2.24) is 0 Å². The topological polar surface area (TPSA) is 127 Å². The number of phosphoric acid groups is 1. The van der Waals surface area contributed by atoms with Gasteiger partial charge in [0.25, 0.3) is 0 Å². The Balaban J connectivity index is 2.38. The largest absolute Gasteiger partial charge is 0.472 e. The van der Waals surface area contributed by atoms with Crippen LogP contribution in [0, 0.1) is 82.9 Å². The molecule has 49 heavy (non-hydrogen) atoms. The number of hydrogen-bond donors (Lipinski definition) is 1. The zero-order valence-corrected chi connectivity index (χ0v) is 29.5. The standard InChI is InChI=1S/C38H45O10P/c1-4-6-8-10-12-14-16-17-19-21-23-25-27-29-38-44-31-36(48-38)33-46-49(41,42)45-32-35(30-43-34(3)39)47-37(40)28-26-24-22-20-18-15-13-11-9-7-5-2/h35-36,38H,5,7,9,11,13,15,18,20,22,24,26,28,30-33H2,1-3H3,(H,41,42)/t35-,36?,38?/m1/s1. The van der Waals surface area contributed by atoms with Gasteiger partial charge in [0.2, 0.25) is 6.29 Å². The number of esters is 2. The van der Waals surface area contributed by atoms with Crippen LogP contribution in [0.3, 0.4) is 0 Å². The number of carbonyl (C=O) groups is 2. The second kappa shape index (κ2) is 28.9. The van der Waals surface area contributed by atoms with E-state index in [0.29, 0.717) is 6.42 Å². The van der Waals surface area contributed by atoms with E-state index in [9.17, 15) is 19.0 Å². The first-order valence-electron chi connectivity index (χ1n) is 16.4. The second-order valence-electron chi connectivity index (χ2n) is 10.6. The van der Waals surface area contributed by atoms with Crippen LogP contribution in [-0.2, 0) is 42.1 Å². The van der Waals surface area contributed by atoms with E-state index >= 15 is 0 Å². The molecule has 1 fully saturated rings. The van der Waals surface area contributed by atoms with Gasteiger partial charge in [-0.05, 0) is 90.3 Å². The fourth-order valence-corrected chi connectivity index (χ4v) is 4.76. The molecule has 0 aliphatic carbocycles. The van der Waals surface area contributed by atoms with Crippen molar-refractivity contribution in [3.63, 3.8) is 0 Å². The zero-order valence-electron chi connectivity index (χ0n) is 28.6. The fraction of sp³-hybridized carbons (Fsp3) is 0.579. The van der Waals surface area contributed by atoms with Gasteiger partial charge in [0, 0.05) is 13.3 Å². The highest BCUT2D eigenvalue weighted by atomic mass is 31.2. The normalized spacial score (nSPS) is 15.7. The van der Waals surface area contributed by atoms with E-state index in [1.165, 1.54) is 51.9 Å². The molecule has 0 aromatic carbocycles. The van der Waals surface area contributed by atoms with Gasteiger partial charge in [-0.3, -0.25) is 18.6 Å². The Labute approximate surface area is 292 Å². The Morgan fingerprint density at radius 2 is 1.31 bits per heavy atom. The quantitative estimate of drug-likeness (QED) is 0.0754. The van der Waals surface area contributed by atoms with Crippen LogP contribution in [0.1, 0.15) is 97.8 Å². The molecule has 11 heteroatoms. The van der Waals surface area contributed by atoms with Crippen LogP contribution >= 0.6 is 7.82 Å². The van der Waals surface area contributed by atoms with Gasteiger partial charge >= 0.3 is 19.8 Å². The molecule has 0 radical (unpaired) electrons. The number of rotatable bonds is 21. The molecule has 0 bridgehead atoms. The Kier molecular flexibility index (Phi) is 25.3. The van der Waals surface area contributed by atoms with E-state index in [1.807, 2.05) is 0 Å². The molecule has 0 amide bonds. The maximum atomic E-state index is 12.5. The van der Waals surface area contributed by atoms with Crippen molar-refractivity contribution in [2.75, 3.05) is 26.4 Å². The predicted molar refractivity (Wildman–Crippen MR) is 184 cm³/mol. The van der Waals surface area contributed by atoms with Crippen molar-refractivity contribution in [3.05, 3.63) is 0 Å². The molecular formula is C38H45O10P. The molecule has 4 atom stereocenters. The molecule has 0 aromatic heterocycles. The third kappa shape index (κ3) is 26.5. The monoisotopic (exact) mass is 692 g/mol. The van der Waals surface area contributed by atoms with Crippen molar-refractivity contribution in [2.45, 2.75) is 116 Å². The van der Waals surface area contributed by atoms with Crippen LogP contribution in [0.15, 0.2) is 0 Å². The molecule has 0 saturated carbocycles. The molecule has 0 aromatic rings. The van der Waals surface area contributed by atoms with Gasteiger partial charge in [-0.1, -0.05) is 77.1 Å². The molecular weight excluding hydrogens is 647 g/mol. The number of carbonyl (C=O) groups excluding carboxylic acids is 2. The molecule has 262 valence electrons. The lowest BCUT2D eigenvalue weighted by Gasteiger charge is -2.20. The van der Waals surface area contributed by atoms with Crippen molar-refractivity contribution in [1.29, 1.82) is 0 Å². The molecule has 1 heterocycles. The summed E-state index contributed by atoms with van der Waals surface area (Å²) in [6.45, 7) is 3.94. The summed E-state index contributed by atoms with van der Waals surface area (Å²) in [6, 6.07) is 0. The van der Waals surface area contributed by atoms with Crippen LogP contribution in [0.25, 0.3) is 0 Å². The number of phosphoric ester groups is 1. The first-order valence-corrected chi connectivity index (χ1v) is 17.9. The van der Waals surface area contributed by atoms with Crippen LogP contribution in [-0.4, -0.2) is 61.8 Å². The van der Waals surface area contributed by atoms with Crippen molar-refractivity contribution in [2.24, 2.45) is 0 Å². The molecule has 1 saturated heterocycles. The summed E-state index contributed by atoms with van der Waals surface area (Å²) >= 11 is 0. The lowest BCUT2D eigenvalue weighted by Crippen LogP contribution is -2.29. The third-order valence-electron chi connectivity index (χ3n) is 6.35. The van der Waals surface area contributed by atoms with Gasteiger partial charge in [-0.2, -0.15) is 0 Å². The van der Waals surface area contributed by atoms with E-state index in [4.69, 9.17) is 28.0 Å². The molecule has 1 N–H and O–H groups in total.